The number of rotatable bonds is 4. The summed E-state index contributed by atoms with van der Waals surface area (Å²) < 4.78 is 2.32. The second kappa shape index (κ2) is 6.33. The summed E-state index contributed by atoms with van der Waals surface area (Å²) in [6.45, 7) is 4.35. The highest BCUT2D eigenvalue weighted by molar-refractivity contribution is 5.65. The average molecular weight is 304 g/mol. The third-order valence-electron chi connectivity index (χ3n) is 4.36. The summed E-state index contributed by atoms with van der Waals surface area (Å²) in [6.07, 6.45) is 1.08. The molecule has 0 aliphatic heterocycles. The number of anilines is 1. The molecule has 1 heterocycles. The Labute approximate surface area is 139 Å². The molecule has 0 spiro atoms. The molecule has 3 rings (SSSR count). The van der Waals surface area contributed by atoms with Crippen LogP contribution in [0.5, 0.6) is 0 Å². The Hall–Kier alpha value is -2.48. The van der Waals surface area contributed by atoms with Crippen molar-refractivity contribution in [2.45, 2.75) is 20.3 Å². The number of benzene rings is 2. The van der Waals surface area contributed by atoms with Gasteiger partial charge in [-0.25, -0.2) is 0 Å². The molecular weight excluding hydrogens is 280 g/mol. The summed E-state index contributed by atoms with van der Waals surface area (Å²) in [5, 5.41) is 0. The number of nitrogens with zero attached hydrogens (tertiary/aromatic N) is 2. The van der Waals surface area contributed by atoms with Gasteiger partial charge in [0.1, 0.15) is 0 Å². The first-order valence-corrected chi connectivity index (χ1v) is 8.15. The molecule has 0 radical (unpaired) electrons. The van der Waals surface area contributed by atoms with E-state index in [9.17, 15) is 0 Å². The van der Waals surface area contributed by atoms with E-state index in [1.165, 1.54) is 33.9 Å². The van der Waals surface area contributed by atoms with Crippen LogP contribution in [0, 0.1) is 6.92 Å². The van der Waals surface area contributed by atoms with Crippen LogP contribution >= 0.6 is 0 Å². The second-order valence-electron chi connectivity index (χ2n) is 6.16. The first-order chi connectivity index (χ1) is 11.1. The predicted molar refractivity (Wildman–Crippen MR) is 99.6 cm³/mol. The van der Waals surface area contributed by atoms with Gasteiger partial charge < -0.3 is 9.47 Å². The normalized spacial score (nSPS) is 10.8. The van der Waals surface area contributed by atoms with Gasteiger partial charge in [-0.2, -0.15) is 0 Å². The highest BCUT2D eigenvalue weighted by atomic mass is 15.1. The molecule has 0 bridgehead atoms. The Kier molecular flexibility index (Phi) is 4.24. The van der Waals surface area contributed by atoms with Crippen LogP contribution in [0.25, 0.3) is 16.9 Å². The predicted octanol–water partition coefficient (Wildman–Crippen LogP) is 5.08. The number of hydrogen-bond acceptors (Lipinski definition) is 1. The van der Waals surface area contributed by atoms with Gasteiger partial charge >= 0.3 is 0 Å². The monoisotopic (exact) mass is 304 g/mol. The number of aromatic nitrogens is 1. The maximum absolute atomic E-state index is 2.32. The van der Waals surface area contributed by atoms with Gasteiger partial charge in [0, 0.05) is 31.2 Å². The van der Waals surface area contributed by atoms with Crippen molar-refractivity contribution in [3.05, 3.63) is 71.9 Å². The molecule has 3 aromatic rings. The van der Waals surface area contributed by atoms with E-state index in [0.717, 1.165) is 6.42 Å². The van der Waals surface area contributed by atoms with Gasteiger partial charge in [-0.1, -0.05) is 31.2 Å². The standard InChI is InChI=1S/C21H24N2/c1-5-17-7-9-18(10-8-17)21-15-6-16(2)23(21)20-13-11-19(12-14-20)22(3)4/h6-15H,5H2,1-4H3. The van der Waals surface area contributed by atoms with Crippen molar-refractivity contribution in [1.82, 2.24) is 4.57 Å². The van der Waals surface area contributed by atoms with Crippen LogP contribution in [0.2, 0.25) is 0 Å². The number of hydrogen-bond donors (Lipinski definition) is 0. The van der Waals surface area contributed by atoms with Crippen molar-refractivity contribution >= 4 is 5.69 Å². The summed E-state index contributed by atoms with van der Waals surface area (Å²) in [7, 11) is 4.13. The highest BCUT2D eigenvalue weighted by Gasteiger charge is 2.09. The maximum atomic E-state index is 2.32. The van der Waals surface area contributed by atoms with Gasteiger partial charge in [-0.15, -0.1) is 0 Å². The lowest BCUT2D eigenvalue weighted by atomic mass is 10.1. The SMILES string of the molecule is CCc1ccc(-c2ccc(C)n2-c2ccc(N(C)C)cc2)cc1. The highest BCUT2D eigenvalue weighted by Crippen LogP contribution is 2.27. The van der Waals surface area contributed by atoms with Gasteiger partial charge in [0.2, 0.25) is 0 Å². The molecule has 0 aliphatic rings. The first-order valence-electron chi connectivity index (χ1n) is 8.15. The molecule has 0 aliphatic carbocycles. The molecule has 0 saturated carbocycles. The molecule has 2 nitrogen and oxygen atoms in total. The summed E-state index contributed by atoms with van der Waals surface area (Å²) >= 11 is 0. The topological polar surface area (TPSA) is 8.17 Å². The van der Waals surface area contributed by atoms with Gasteiger partial charge in [0.05, 0.1) is 5.69 Å². The summed E-state index contributed by atoms with van der Waals surface area (Å²) in [6, 6.07) is 22.0. The van der Waals surface area contributed by atoms with E-state index in [-0.39, 0.29) is 0 Å². The van der Waals surface area contributed by atoms with Crippen LogP contribution in [0.15, 0.2) is 60.7 Å². The lowest BCUT2D eigenvalue weighted by Gasteiger charge is -2.16. The Morgan fingerprint density at radius 1 is 0.826 bits per heavy atom. The van der Waals surface area contributed by atoms with Gasteiger partial charge in [0.15, 0.2) is 0 Å². The fourth-order valence-corrected chi connectivity index (χ4v) is 2.92. The van der Waals surface area contributed by atoms with E-state index in [1.807, 2.05) is 0 Å². The minimum atomic E-state index is 1.08. The zero-order valence-electron chi connectivity index (χ0n) is 14.4. The van der Waals surface area contributed by atoms with Gasteiger partial charge in [-0.05, 0) is 60.9 Å². The summed E-state index contributed by atoms with van der Waals surface area (Å²) in [5.74, 6) is 0. The van der Waals surface area contributed by atoms with E-state index in [4.69, 9.17) is 0 Å². The summed E-state index contributed by atoms with van der Waals surface area (Å²) in [4.78, 5) is 2.12. The Bertz CT molecular complexity index is 778. The van der Waals surface area contributed by atoms with Crippen molar-refractivity contribution < 1.29 is 0 Å². The largest absolute Gasteiger partial charge is 0.378 e. The van der Waals surface area contributed by atoms with E-state index in [1.54, 1.807) is 0 Å². The minimum absolute atomic E-state index is 1.08. The van der Waals surface area contributed by atoms with E-state index >= 15 is 0 Å². The lowest BCUT2D eigenvalue weighted by Crippen LogP contribution is -2.08. The van der Waals surface area contributed by atoms with Gasteiger partial charge in [-0.3, -0.25) is 0 Å². The molecule has 0 saturated heterocycles. The molecule has 2 aromatic carbocycles. The molecule has 0 N–H and O–H groups in total. The van der Waals surface area contributed by atoms with Crippen LogP contribution in [-0.4, -0.2) is 18.7 Å². The maximum Gasteiger partial charge on any atom is 0.0531 e. The third kappa shape index (κ3) is 3.02. The van der Waals surface area contributed by atoms with Crippen molar-refractivity contribution in [3.8, 4) is 16.9 Å². The summed E-state index contributed by atoms with van der Waals surface area (Å²) in [5.41, 5.74) is 7.53. The molecule has 23 heavy (non-hydrogen) atoms. The Morgan fingerprint density at radius 3 is 2.04 bits per heavy atom. The van der Waals surface area contributed by atoms with E-state index < -0.39 is 0 Å². The molecule has 2 heteroatoms. The quantitative estimate of drug-likeness (QED) is 0.652. The van der Waals surface area contributed by atoms with Crippen molar-refractivity contribution in [3.63, 3.8) is 0 Å². The zero-order chi connectivity index (χ0) is 16.4. The fourth-order valence-electron chi connectivity index (χ4n) is 2.92. The molecule has 0 fully saturated rings. The van der Waals surface area contributed by atoms with Gasteiger partial charge in [0.25, 0.3) is 0 Å². The fraction of sp³-hybridized carbons (Fsp3) is 0.238. The van der Waals surface area contributed by atoms with Crippen LogP contribution < -0.4 is 4.90 Å². The van der Waals surface area contributed by atoms with Crippen LogP contribution in [0.1, 0.15) is 18.2 Å². The minimum Gasteiger partial charge on any atom is -0.378 e. The van der Waals surface area contributed by atoms with Crippen LogP contribution in [0.3, 0.4) is 0 Å². The van der Waals surface area contributed by atoms with Crippen molar-refractivity contribution in [2.24, 2.45) is 0 Å². The molecule has 0 atom stereocenters. The van der Waals surface area contributed by atoms with E-state index in [2.05, 4.69) is 98.1 Å². The first kappa shape index (κ1) is 15.4. The Balaban J connectivity index is 2.04. The molecular formula is C21H24N2. The Morgan fingerprint density at radius 2 is 1.48 bits per heavy atom. The molecule has 0 amide bonds. The van der Waals surface area contributed by atoms with Crippen molar-refractivity contribution in [1.29, 1.82) is 0 Å². The number of aryl methyl sites for hydroxylation is 2. The molecule has 0 unspecified atom stereocenters. The van der Waals surface area contributed by atoms with Crippen LogP contribution in [0.4, 0.5) is 5.69 Å². The van der Waals surface area contributed by atoms with E-state index in [0.29, 0.717) is 0 Å². The molecule has 1 aromatic heterocycles. The average Bonchev–Trinajstić information content (AvgIpc) is 2.96. The smallest absolute Gasteiger partial charge is 0.0531 e. The lowest BCUT2D eigenvalue weighted by molar-refractivity contribution is 1.02. The zero-order valence-corrected chi connectivity index (χ0v) is 14.4. The molecule has 118 valence electrons. The third-order valence-corrected chi connectivity index (χ3v) is 4.36. The second-order valence-corrected chi connectivity index (χ2v) is 6.16. The van der Waals surface area contributed by atoms with Crippen LogP contribution in [-0.2, 0) is 6.42 Å². The van der Waals surface area contributed by atoms with Crippen molar-refractivity contribution in [2.75, 3.05) is 19.0 Å².